The number of hydrogen-bond acceptors (Lipinski definition) is 4. The van der Waals surface area contributed by atoms with Crippen LogP contribution in [-0.2, 0) is 9.59 Å². The molecule has 0 saturated carbocycles. The molecule has 11 heavy (non-hydrogen) atoms. The van der Waals surface area contributed by atoms with Crippen molar-refractivity contribution in [3.63, 3.8) is 0 Å². The van der Waals surface area contributed by atoms with Crippen LogP contribution in [0, 0.1) is 0 Å². The number of carbonyl (C=O) groups is 2. The molecule has 0 rings (SSSR count). The number of carboxylic acids is 1. The summed E-state index contributed by atoms with van der Waals surface area (Å²) in [6.45, 7) is 0.186. The second-order valence-electron chi connectivity index (χ2n) is 2.37. The van der Waals surface area contributed by atoms with Crippen LogP contribution in [0.2, 0.25) is 0 Å². The smallest absolute Gasteiger partial charge is 0.338 e. The van der Waals surface area contributed by atoms with Crippen LogP contribution >= 0.6 is 0 Å². The van der Waals surface area contributed by atoms with Crippen LogP contribution in [0.4, 0.5) is 0 Å². The first-order valence-electron chi connectivity index (χ1n) is 2.98. The molecule has 1 atom stereocenters. The molecule has 5 nitrogen and oxygen atoms in total. The van der Waals surface area contributed by atoms with Gasteiger partial charge in [-0.3, -0.25) is 4.79 Å². The van der Waals surface area contributed by atoms with Crippen LogP contribution in [0.15, 0.2) is 0 Å². The van der Waals surface area contributed by atoms with Crippen molar-refractivity contribution in [2.24, 2.45) is 0 Å². The number of carboxylic acid groups (broad SMARTS) is 1. The number of ketones is 1. The van der Waals surface area contributed by atoms with E-state index in [9.17, 15) is 9.59 Å². The number of aliphatic hydroxyl groups excluding tert-OH is 1. The van der Waals surface area contributed by atoms with Crippen molar-refractivity contribution in [3.05, 3.63) is 0 Å². The van der Waals surface area contributed by atoms with Crippen LogP contribution in [0.25, 0.3) is 0 Å². The van der Waals surface area contributed by atoms with E-state index in [0.29, 0.717) is 0 Å². The molecule has 0 aliphatic rings. The Morgan fingerprint density at radius 2 is 1.91 bits per heavy atom. The summed E-state index contributed by atoms with van der Waals surface area (Å²) in [5.74, 6) is -2.07. The summed E-state index contributed by atoms with van der Waals surface area (Å²) in [4.78, 5) is 20.6. The van der Waals surface area contributed by atoms with Crippen molar-refractivity contribution in [2.75, 3.05) is 6.61 Å². The van der Waals surface area contributed by atoms with Crippen LogP contribution < -0.4 is 0 Å². The predicted octanol–water partition coefficient (Wildman–Crippen LogP) is -1.23. The Labute approximate surface area is 63.3 Å². The molecule has 0 amide bonds. The van der Waals surface area contributed by atoms with Crippen molar-refractivity contribution >= 4 is 11.8 Å². The molecule has 0 radical (unpaired) electrons. The van der Waals surface area contributed by atoms with Crippen LogP contribution in [-0.4, -0.2) is 39.3 Å². The van der Waals surface area contributed by atoms with Crippen molar-refractivity contribution in [1.82, 2.24) is 0 Å². The fraction of sp³-hybridized carbons (Fsp3) is 0.667. The second kappa shape index (κ2) is 3.45. The maximum Gasteiger partial charge on any atom is 0.338 e. The summed E-state index contributed by atoms with van der Waals surface area (Å²) in [6.07, 6.45) is -0.571. The number of hydrogen-bond donors (Lipinski definition) is 3. The number of carbonyl (C=O) groups excluding carboxylic acids is 1. The zero-order valence-electron chi connectivity index (χ0n) is 6.07. The number of Topliss-reactive ketones (excluding diaryl/α,β-unsaturated/α-hetero) is 1. The third-order valence-corrected chi connectivity index (χ3v) is 1.20. The third-order valence-electron chi connectivity index (χ3n) is 1.20. The molecule has 0 fully saturated rings. The summed E-state index contributed by atoms with van der Waals surface area (Å²) < 4.78 is 0. The minimum absolute atomic E-state index is 0.482. The van der Waals surface area contributed by atoms with Crippen molar-refractivity contribution in [1.29, 1.82) is 0 Å². The van der Waals surface area contributed by atoms with E-state index >= 15 is 0 Å². The lowest BCUT2D eigenvalue weighted by molar-refractivity contribution is -0.165. The Bertz CT molecular complexity index is 176. The first-order chi connectivity index (χ1) is 4.92. The molecule has 0 aromatic rings. The second-order valence-corrected chi connectivity index (χ2v) is 2.37. The van der Waals surface area contributed by atoms with E-state index in [0.717, 1.165) is 6.92 Å². The van der Waals surface area contributed by atoms with Gasteiger partial charge in [-0.05, 0) is 6.92 Å². The van der Waals surface area contributed by atoms with Crippen molar-refractivity contribution < 1.29 is 24.9 Å². The van der Waals surface area contributed by atoms with Gasteiger partial charge in [-0.25, -0.2) is 4.79 Å². The predicted molar refractivity (Wildman–Crippen MR) is 35.0 cm³/mol. The number of aliphatic hydroxyl groups is 2. The molecule has 0 bridgehead atoms. The van der Waals surface area contributed by atoms with E-state index in [2.05, 4.69) is 0 Å². The molecule has 3 N–H and O–H groups in total. The summed E-state index contributed by atoms with van der Waals surface area (Å²) in [5, 5.41) is 25.7. The van der Waals surface area contributed by atoms with Gasteiger partial charge in [0.1, 0.15) is 5.78 Å². The van der Waals surface area contributed by atoms with Gasteiger partial charge in [0.15, 0.2) is 5.60 Å². The van der Waals surface area contributed by atoms with Crippen molar-refractivity contribution in [2.45, 2.75) is 18.9 Å². The largest absolute Gasteiger partial charge is 0.479 e. The highest BCUT2D eigenvalue weighted by molar-refractivity contribution is 5.86. The van der Waals surface area contributed by atoms with Gasteiger partial charge in [0.25, 0.3) is 0 Å². The number of aliphatic carboxylic acids is 1. The molecule has 0 saturated heterocycles. The lowest BCUT2D eigenvalue weighted by Gasteiger charge is -2.18. The first kappa shape index (κ1) is 10.1. The fourth-order valence-electron chi connectivity index (χ4n) is 0.611. The highest BCUT2D eigenvalue weighted by Gasteiger charge is 2.36. The Morgan fingerprint density at radius 1 is 1.45 bits per heavy atom. The summed E-state index contributed by atoms with van der Waals surface area (Å²) in [6, 6.07) is 0. The van der Waals surface area contributed by atoms with Gasteiger partial charge in [-0.1, -0.05) is 0 Å². The van der Waals surface area contributed by atoms with Gasteiger partial charge in [0, 0.05) is 6.42 Å². The molecule has 0 aliphatic carbocycles. The van der Waals surface area contributed by atoms with Crippen molar-refractivity contribution in [3.8, 4) is 0 Å². The van der Waals surface area contributed by atoms with Crippen LogP contribution in [0.1, 0.15) is 13.3 Å². The molecular weight excluding hydrogens is 152 g/mol. The Morgan fingerprint density at radius 3 is 2.00 bits per heavy atom. The molecule has 0 spiro atoms. The maximum absolute atomic E-state index is 10.4. The Hall–Kier alpha value is -0.940. The SMILES string of the molecule is CC(=O)CC(O)(CO)C(=O)O. The Balaban J connectivity index is 4.34. The molecule has 0 heterocycles. The monoisotopic (exact) mass is 162 g/mol. The lowest BCUT2D eigenvalue weighted by Crippen LogP contribution is -2.43. The molecule has 64 valence electrons. The molecular formula is C6H10O5. The topological polar surface area (TPSA) is 94.8 Å². The lowest BCUT2D eigenvalue weighted by atomic mass is 9.99. The zero-order valence-corrected chi connectivity index (χ0v) is 6.07. The fourth-order valence-corrected chi connectivity index (χ4v) is 0.611. The van der Waals surface area contributed by atoms with Gasteiger partial charge >= 0.3 is 5.97 Å². The van der Waals surface area contributed by atoms with Crippen LogP contribution in [0.3, 0.4) is 0 Å². The summed E-state index contributed by atoms with van der Waals surface area (Å²) in [5.41, 5.74) is -2.31. The van der Waals surface area contributed by atoms with Gasteiger partial charge in [-0.2, -0.15) is 0 Å². The van der Waals surface area contributed by atoms with Gasteiger partial charge in [0.05, 0.1) is 6.61 Å². The minimum atomic E-state index is -2.31. The van der Waals surface area contributed by atoms with E-state index in [1.54, 1.807) is 0 Å². The first-order valence-corrected chi connectivity index (χ1v) is 2.98. The van der Waals surface area contributed by atoms with Gasteiger partial charge in [0.2, 0.25) is 0 Å². The normalized spacial score (nSPS) is 15.5. The molecule has 0 aromatic heterocycles. The van der Waals surface area contributed by atoms with E-state index in [-0.39, 0.29) is 0 Å². The molecule has 5 heteroatoms. The average molecular weight is 162 g/mol. The van der Waals surface area contributed by atoms with E-state index in [1.165, 1.54) is 0 Å². The van der Waals surface area contributed by atoms with E-state index in [4.69, 9.17) is 15.3 Å². The average Bonchev–Trinajstić information content (AvgIpc) is 1.86. The standard InChI is InChI=1S/C6H10O5/c1-4(8)2-6(11,3-7)5(9)10/h7,11H,2-3H2,1H3,(H,9,10). The Kier molecular flexibility index (Phi) is 3.16. The maximum atomic E-state index is 10.4. The quantitative estimate of drug-likeness (QED) is 0.481. The zero-order chi connectivity index (χ0) is 9.07. The molecule has 0 aromatic carbocycles. The molecule has 0 aliphatic heterocycles. The van der Waals surface area contributed by atoms with E-state index < -0.39 is 30.4 Å². The number of rotatable bonds is 4. The molecule has 1 unspecified atom stereocenters. The summed E-state index contributed by atoms with van der Waals surface area (Å²) >= 11 is 0. The summed E-state index contributed by atoms with van der Waals surface area (Å²) in [7, 11) is 0. The van der Waals surface area contributed by atoms with Gasteiger partial charge in [-0.15, -0.1) is 0 Å². The van der Waals surface area contributed by atoms with Crippen LogP contribution in [0.5, 0.6) is 0 Å². The van der Waals surface area contributed by atoms with E-state index in [1.807, 2.05) is 0 Å². The van der Waals surface area contributed by atoms with Gasteiger partial charge < -0.3 is 15.3 Å². The third kappa shape index (κ3) is 2.65. The minimum Gasteiger partial charge on any atom is -0.479 e. The highest BCUT2D eigenvalue weighted by Crippen LogP contribution is 2.09. The highest BCUT2D eigenvalue weighted by atomic mass is 16.4.